The van der Waals surface area contributed by atoms with Gasteiger partial charge in [-0.15, -0.1) is 13.2 Å². The molecule has 0 saturated heterocycles. The van der Waals surface area contributed by atoms with Crippen molar-refractivity contribution in [1.82, 2.24) is 0 Å². The van der Waals surface area contributed by atoms with Gasteiger partial charge in [-0.3, -0.25) is 0 Å². The molecule has 3 aromatic rings. The molecule has 0 bridgehead atoms. The molecule has 1 aliphatic rings. The molecule has 0 heterocycles. The number of rotatable bonds is 5. The lowest BCUT2D eigenvalue weighted by Crippen LogP contribution is -2.19. The van der Waals surface area contributed by atoms with Crippen LogP contribution in [0.15, 0.2) is 48.5 Å². The van der Waals surface area contributed by atoms with Crippen molar-refractivity contribution in [3.05, 3.63) is 88.5 Å². The first-order valence-corrected chi connectivity index (χ1v) is 11.7. The Hall–Kier alpha value is -3.43. The van der Waals surface area contributed by atoms with Gasteiger partial charge in [0.25, 0.3) is 0 Å². The van der Waals surface area contributed by atoms with Crippen molar-refractivity contribution in [3.8, 4) is 16.9 Å². The lowest BCUT2D eigenvalue weighted by atomic mass is 9.79. The molecule has 1 saturated carbocycles. The van der Waals surface area contributed by atoms with Gasteiger partial charge in [-0.05, 0) is 66.1 Å². The molecule has 0 aromatic heterocycles. The Labute approximate surface area is 212 Å². The number of hydrogen-bond donors (Lipinski definition) is 0. The summed E-state index contributed by atoms with van der Waals surface area (Å²) in [7, 11) is 0. The maximum atomic E-state index is 14.9. The largest absolute Gasteiger partial charge is 0.573 e. The lowest BCUT2D eigenvalue weighted by Gasteiger charge is -2.26. The molecule has 1 aliphatic carbocycles. The van der Waals surface area contributed by atoms with E-state index in [0.29, 0.717) is 5.92 Å². The van der Waals surface area contributed by atoms with E-state index < -0.39 is 58.2 Å². The van der Waals surface area contributed by atoms with Crippen molar-refractivity contribution in [2.45, 2.75) is 44.9 Å². The fraction of sp³-hybridized carbons (Fsp3) is 0.286. The standard InChI is InChI=1S/C28H21F9O/c1-14-2-4-15(5-3-14)16-6-8-19(21(29)10-16)17-7-9-20(22(30)11-17)26(34)25(33)18-12-23(31)27(24(32)13-18)38-28(35,36)37/h6-15H,2-5H2,1H3/b26-25+. The summed E-state index contributed by atoms with van der Waals surface area (Å²) in [5.41, 5.74) is -1.13. The lowest BCUT2D eigenvalue weighted by molar-refractivity contribution is -0.276. The van der Waals surface area contributed by atoms with Gasteiger partial charge in [0.05, 0.1) is 0 Å². The van der Waals surface area contributed by atoms with E-state index in [4.69, 9.17) is 0 Å². The molecule has 1 nitrogen and oxygen atoms in total. The summed E-state index contributed by atoms with van der Waals surface area (Å²) in [6.45, 7) is 2.17. The van der Waals surface area contributed by atoms with Gasteiger partial charge >= 0.3 is 6.36 Å². The van der Waals surface area contributed by atoms with Crippen LogP contribution in [-0.4, -0.2) is 6.36 Å². The summed E-state index contributed by atoms with van der Waals surface area (Å²) in [6, 6.07) is 7.53. The number of alkyl halides is 3. The van der Waals surface area contributed by atoms with Crippen LogP contribution >= 0.6 is 0 Å². The minimum atomic E-state index is -5.43. The molecule has 4 rings (SSSR count). The van der Waals surface area contributed by atoms with Crippen molar-refractivity contribution >= 4 is 11.7 Å². The molecule has 0 atom stereocenters. The summed E-state index contributed by atoms with van der Waals surface area (Å²) < 4.78 is 127. The zero-order valence-corrected chi connectivity index (χ0v) is 19.9. The van der Waals surface area contributed by atoms with Crippen LogP contribution in [0.25, 0.3) is 22.8 Å². The number of hydrogen-bond acceptors (Lipinski definition) is 1. The number of benzene rings is 3. The van der Waals surface area contributed by atoms with Crippen LogP contribution in [0.1, 0.15) is 55.2 Å². The van der Waals surface area contributed by atoms with Crippen LogP contribution < -0.4 is 4.74 Å². The first-order valence-electron chi connectivity index (χ1n) is 11.7. The molecule has 0 spiro atoms. The Morgan fingerprint density at radius 3 is 1.92 bits per heavy atom. The molecular formula is C28H21F9O. The molecule has 0 radical (unpaired) electrons. The fourth-order valence-electron chi connectivity index (χ4n) is 4.62. The third-order valence-electron chi connectivity index (χ3n) is 6.66. The average Bonchev–Trinajstić information content (AvgIpc) is 2.85. The smallest absolute Gasteiger partial charge is 0.399 e. The Bertz CT molecular complexity index is 1350. The van der Waals surface area contributed by atoms with E-state index in [9.17, 15) is 39.5 Å². The molecule has 202 valence electrons. The van der Waals surface area contributed by atoms with Crippen LogP contribution in [0.3, 0.4) is 0 Å². The molecular weight excluding hydrogens is 523 g/mol. The second kappa shape index (κ2) is 10.7. The summed E-state index contributed by atoms with van der Waals surface area (Å²) in [4.78, 5) is 0. The van der Waals surface area contributed by atoms with Crippen molar-refractivity contribution in [2.75, 3.05) is 0 Å². The summed E-state index contributed by atoms with van der Waals surface area (Å²) >= 11 is 0. The SMILES string of the molecule is CC1CCC(c2ccc(-c3ccc(/C(F)=C(\F)c4cc(F)c(OC(F)(F)F)c(F)c4)c(F)c3)c(F)c2)CC1. The summed E-state index contributed by atoms with van der Waals surface area (Å²) in [5.74, 6) is -10.6. The second-order valence-electron chi connectivity index (χ2n) is 9.34. The van der Waals surface area contributed by atoms with E-state index in [0.717, 1.165) is 49.4 Å². The van der Waals surface area contributed by atoms with Gasteiger partial charge < -0.3 is 4.74 Å². The van der Waals surface area contributed by atoms with E-state index in [1.165, 1.54) is 12.1 Å². The van der Waals surface area contributed by atoms with Gasteiger partial charge in [0.15, 0.2) is 23.3 Å². The number of halogens is 9. The quantitative estimate of drug-likeness (QED) is 0.230. The zero-order chi connectivity index (χ0) is 27.8. The van der Waals surface area contributed by atoms with Crippen molar-refractivity contribution in [3.63, 3.8) is 0 Å². The van der Waals surface area contributed by atoms with Crippen molar-refractivity contribution in [1.29, 1.82) is 0 Å². The Balaban J connectivity index is 1.61. The highest BCUT2D eigenvalue weighted by molar-refractivity contribution is 5.84. The molecule has 0 aliphatic heterocycles. The van der Waals surface area contributed by atoms with Gasteiger partial charge in [-0.1, -0.05) is 38.0 Å². The van der Waals surface area contributed by atoms with E-state index >= 15 is 0 Å². The minimum absolute atomic E-state index is 0.0395. The minimum Gasteiger partial charge on any atom is -0.399 e. The third kappa shape index (κ3) is 6.00. The summed E-state index contributed by atoms with van der Waals surface area (Å²) in [6.07, 6.45) is -1.47. The first-order chi connectivity index (χ1) is 17.8. The number of ether oxygens (including phenoxy) is 1. The Morgan fingerprint density at radius 1 is 0.737 bits per heavy atom. The van der Waals surface area contributed by atoms with Crippen molar-refractivity contribution in [2.24, 2.45) is 5.92 Å². The topological polar surface area (TPSA) is 9.23 Å². The Morgan fingerprint density at radius 2 is 1.37 bits per heavy atom. The molecule has 0 unspecified atom stereocenters. The predicted molar refractivity (Wildman–Crippen MR) is 124 cm³/mol. The highest BCUT2D eigenvalue weighted by Crippen LogP contribution is 2.39. The van der Waals surface area contributed by atoms with Gasteiger partial charge in [-0.25, -0.2) is 26.3 Å². The van der Waals surface area contributed by atoms with Gasteiger partial charge in [0, 0.05) is 16.7 Å². The van der Waals surface area contributed by atoms with E-state index in [2.05, 4.69) is 11.7 Å². The molecule has 38 heavy (non-hydrogen) atoms. The van der Waals surface area contributed by atoms with Crippen LogP contribution in [0.2, 0.25) is 0 Å². The second-order valence-corrected chi connectivity index (χ2v) is 9.34. The highest BCUT2D eigenvalue weighted by atomic mass is 19.4. The molecule has 10 heteroatoms. The Kier molecular flexibility index (Phi) is 7.80. The van der Waals surface area contributed by atoms with Gasteiger partial charge in [-0.2, -0.15) is 0 Å². The molecule has 3 aromatic carbocycles. The predicted octanol–water partition coefficient (Wildman–Crippen LogP) is 9.87. The monoisotopic (exact) mass is 544 g/mol. The first kappa shape index (κ1) is 27.6. The van der Waals surface area contributed by atoms with Crippen LogP contribution in [0.4, 0.5) is 39.5 Å². The fourth-order valence-corrected chi connectivity index (χ4v) is 4.62. The van der Waals surface area contributed by atoms with E-state index in [-0.39, 0.29) is 29.2 Å². The summed E-state index contributed by atoms with van der Waals surface area (Å²) in [5, 5.41) is 0. The van der Waals surface area contributed by atoms with Crippen LogP contribution in [0, 0.1) is 29.2 Å². The van der Waals surface area contributed by atoms with Gasteiger partial charge in [0.1, 0.15) is 11.6 Å². The van der Waals surface area contributed by atoms with Crippen molar-refractivity contribution < 1.29 is 44.3 Å². The average molecular weight is 544 g/mol. The highest BCUT2D eigenvalue weighted by Gasteiger charge is 2.34. The van der Waals surface area contributed by atoms with Crippen LogP contribution in [0.5, 0.6) is 5.75 Å². The van der Waals surface area contributed by atoms with E-state index in [1.807, 2.05) is 0 Å². The van der Waals surface area contributed by atoms with Crippen LogP contribution in [-0.2, 0) is 0 Å². The van der Waals surface area contributed by atoms with E-state index in [1.54, 1.807) is 6.07 Å². The van der Waals surface area contributed by atoms with Gasteiger partial charge in [0.2, 0.25) is 5.75 Å². The maximum absolute atomic E-state index is 14.9. The molecule has 1 fully saturated rings. The third-order valence-corrected chi connectivity index (χ3v) is 6.66. The molecule has 0 N–H and O–H groups in total. The zero-order valence-electron chi connectivity index (χ0n) is 19.9. The molecule has 0 amide bonds. The maximum Gasteiger partial charge on any atom is 0.573 e. The normalized spacial score (nSPS) is 18.8.